The summed E-state index contributed by atoms with van der Waals surface area (Å²) in [7, 11) is 0. The molecule has 0 aliphatic carbocycles. The van der Waals surface area contributed by atoms with Crippen molar-refractivity contribution < 1.29 is 24.9 Å². The lowest BCUT2D eigenvalue weighted by Gasteiger charge is -1.98. The van der Waals surface area contributed by atoms with Gasteiger partial charge in [0.2, 0.25) is 5.91 Å². The van der Waals surface area contributed by atoms with Gasteiger partial charge >= 0.3 is 5.97 Å². The number of carbonyl (C=O) groups excluding carboxylic acids is 1. The summed E-state index contributed by atoms with van der Waals surface area (Å²) in [5.74, 6) is -1.38. The number of hydrogen-bond donors (Lipinski definition) is 4. The first-order chi connectivity index (χ1) is 7.32. The van der Waals surface area contributed by atoms with E-state index in [4.69, 9.17) is 15.3 Å². The van der Waals surface area contributed by atoms with Gasteiger partial charge in [-0.1, -0.05) is 6.58 Å². The van der Waals surface area contributed by atoms with Crippen LogP contribution in [0.5, 0.6) is 0 Å². The average Bonchev–Trinajstić information content (AvgIpc) is 2.18. The van der Waals surface area contributed by atoms with E-state index in [0.29, 0.717) is 12.1 Å². The van der Waals surface area contributed by atoms with Crippen LogP contribution in [0.15, 0.2) is 24.5 Å². The van der Waals surface area contributed by atoms with E-state index in [-0.39, 0.29) is 5.91 Å². The summed E-state index contributed by atoms with van der Waals surface area (Å²) in [6, 6.07) is 0. The second-order valence-electron chi connectivity index (χ2n) is 2.89. The first-order valence-corrected chi connectivity index (χ1v) is 4.46. The van der Waals surface area contributed by atoms with Gasteiger partial charge in [0, 0.05) is 12.1 Å². The van der Waals surface area contributed by atoms with Crippen LogP contribution in [0, 0.1) is 0 Å². The van der Waals surface area contributed by atoms with Crippen molar-refractivity contribution in [1.82, 2.24) is 5.32 Å². The van der Waals surface area contributed by atoms with Crippen molar-refractivity contribution in [3.05, 3.63) is 24.5 Å². The molecule has 0 aliphatic heterocycles. The molecule has 1 amide bonds. The van der Waals surface area contributed by atoms with Crippen LogP contribution in [0.2, 0.25) is 0 Å². The molecular weight excluding hydrogens is 214 g/mol. The van der Waals surface area contributed by atoms with Gasteiger partial charge in [0.15, 0.2) is 0 Å². The van der Waals surface area contributed by atoms with Crippen molar-refractivity contribution in [2.24, 2.45) is 0 Å². The van der Waals surface area contributed by atoms with Crippen LogP contribution >= 0.6 is 0 Å². The summed E-state index contributed by atoms with van der Waals surface area (Å²) in [4.78, 5) is 20.1. The molecule has 0 fully saturated rings. The number of hydrogen-bond acceptors (Lipinski definition) is 4. The van der Waals surface area contributed by atoms with E-state index in [1.807, 2.05) is 0 Å². The number of aliphatic hydroxyl groups is 2. The van der Waals surface area contributed by atoms with Crippen LogP contribution in [0.3, 0.4) is 0 Å². The Bertz CT molecular complexity index is 270. The molecule has 16 heavy (non-hydrogen) atoms. The molecule has 4 N–H and O–H groups in total. The molecule has 0 aromatic heterocycles. The maximum Gasteiger partial charge on any atom is 0.332 e. The summed E-state index contributed by atoms with van der Waals surface area (Å²) in [6.45, 7) is 6.59. The zero-order valence-corrected chi connectivity index (χ0v) is 9.30. The molecule has 0 rings (SSSR count). The van der Waals surface area contributed by atoms with E-state index >= 15 is 0 Å². The standard InChI is InChI=1S/C7H11NO2.C3H6O3/c1-6(2)7(10)8-4-3-5-9;1-2(4)3(5)6/h3,5,9H,1,4H2,2H3,(H,8,10);2,4H,1H3,(H,5,6). The Morgan fingerprint density at radius 3 is 2.19 bits per heavy atom. The van der Waals surface area contributed by atoms with Crippen molar-refractivity contribution in [3.8, 4) is 0 Å². The van der Waals surface area contributed by atoms with E-state index < -0.39 is 12.1 Å². The third-order valence-electron chi connectivity index (χ3n) is 1.23. The fourth-order valence-electron chi connectivity index (χ4n) is 0.355. The van der Waals surface area contributed by atoms with Crippen LogP contribution in [0.25, 0.3) is 0 Å². The average molecular weight is 231 g/mol. The number of aliphatic hydroxyl groups excluding tert-OH is 2. The largest absolute Gasteiger partial charge is 0.516 e. The normalized spacial score (nSPS) is 11.2. The number of carbonyl (C=O) groups is 2. The molecule has 0 bridgehead atoms. The molecule has 6 nitrogen and oxygen atoms in total. The van der Waals surface area contributed by atoms with Crippen LogP contribution < -0.4 is 5.32 Å². The lowest BCUT2D eigenvalue weighted by molar-refractivity contribution is -0.145. The Labute approximate surface area is 93.9 Å². The van der Waals surface area contributed by atoms with Gasteiger partial charge in [-0.2, -0.15) is 0 Å². The van der Waals surface area contributed by atoms with Gasteiger partial charge in [-0.05, 0) is 19.9 Å². The predicted octanol–water partition coefficient (Wildman–Crippen LogP) is 0.202. The highest BCUT2D eigenvalue weighted by Crippen LogP contribution is 1.83. The fraction of sp³-hybridized carbons (Fsp3) is 0.400. The highest BCUT2D eigenvalue weighted by Gasteiger charge is 2.01. The molecule has 1 atom stereocenters. The highest BCUT2D eigenvalue weighted by molar-refractivity contribution is 5.92. The summed E-state index contributed by atoms with van der Waals surface area (Å²) in [6.07, 6.45) is 1.09. The Kier molecular flexibility index (Phi) is 10.1. The molecule has 1 unspecified atom stereocenters. The number of nitrogens with one attached hydrogen (secondary N) is 1. The third kappa shape index (κ3) is 12.2. The van der Waals surface area contributed by atoms with E-state index in [9.17, 15) is 9.59 Å². The van der Waals surface area contributed by atoms with Crippen LogP contribution in [0.1, 0.15) is 13.8 Å². The fourth-order valence-corrected chi connectivity index (χ4v) is 0.355. The maximum absolute atomic E-state index is 10.7. The zero-order valence-electron chi connectivity index (χ0n) is 9.30. The van der Waals surface area contributed by atoms with Crippen molar-refractivity contribution in [2.45, 2.75) is 20.0 Å². The van der Waals surface area contributed by atoms with Crippen molar-refractivity contribution in [1.29, 1.82) is 0 Å². The van der Waals surface area contributed by atoms with E-state index in [1.54, 1.807) is 6.92 Å². The summed E-state index contributed by atoms with van der Waals surface area (Å²) >= 11 is 0. The Balaban J connectivity index is 0. The Morgan fingerprint density at radius 1 is 1.50 bits per heavy atom. The summed E-state index contributed by atoms with van der Waals surface area (Å²) in [5.41, 5.74) is 0.464. The lowest BCUT2D eigenvalue weighted by atomic mass is 10.3. The summed E-state index contributed by atoms with van der Waals surface area (Å²) in [5, 5.41) is 26.4. The number of carboxylic acids is 1. The minimum Gasteiger partial charge on any atom is -0.516 e. The van der Waals surface area contributed by atoms with E-state index in [1.165, 1.54) is 13.0 Å². The van der Waals surface area contributed by atoms with Gasteiger partial charge in [-0.15, -0.1) is 0 Å². The number of amides is 1. The quantitative estimate of drug-likeness (QED) is 0.408. The molecule has 0 aliphatic rings. The monoisotopic (exact) mass is 231 g/mol. The number of carboxylic acid groups (broad SMARTS) is 1. The van der Waals surface area contributed by atoms with Crippen LogP contribution in [0.4, 0.5) is 0 Å². The first-order valence-electron chi connectivity index (χ1n) is 4.46. The number of rotatable bonds is 4. The van der Waals surface area contributed by atoms with E-state index in [2.05, 4.69) is 11.9 Å². The summed E-state index contributed by atoms with van der Waals surface area (Å²) < 4.78 is 0. The van der Waals surface area contributed by atoms with Crippen molar-refractivity contribution in [3.63, 3.8) is 0 Å². The van der Waals surface area contributed by atoms with Gasteiger partial charge < -0.3 is 20.6 Å². The van der Waals surface area contributed by atoms with Gasteiger partial charge in [0.25, 0.3) is 0 Å². The van der Waals surface area contributed by atoms with Crippen LogP contribution in [-0.2, 0) is 9.59 Å². The molecule has 0 heterocycles. The third-order valence-corrected chi connectivity index (χ3v) is 1.23. The topological polar surface area (TPSA) is 107 Å². The maximum atomic E-state index is 10.7. The van der Waals surface area contributed by atoms with E-state index in [0.717, 1.165) is 6.26 Å². The second kappa shape index (κ2) is 9.72. The van der Waals surface area contributed by atoms with Gasteiger partial charge in [-0.3, -0.25) is 4.79 Å². The highest BCUT2D eigenvalue weighted by atomic mass is 16.4. The molecule has 0 saturated carbocycles. The van der Waals surface area contributed by atoms with Crippen molar-refractivity contribution in [2.75, 3.05) is 6.54 Å². The van der Waals surface area contributed by atoms with Gasteiger partial charge in [0.1, 0.15) is 6.10 Å². The zero-order chi connectivity index (χ0) is 13.1. The minimum atomic E-state index is -1.23. The number of aliphatic carboxylic acids is 1. The lowest BCUT2D eigenvalue weighted by Crippen LogP contribution is -2.23. The van der Waals surface area contributed by atoms with Gasteiger partial charge in [-0.25, -0.2) is 4.79 Å². The van der Waals surface area contributed by atoms with Gasteiger partial charge in [0.05, 0.1) is 6.26 Å². The predicted molar refractivity (Wildman–Crippen MR) is 58.9 cm³/mol. The van der Waals surface area contributed by atoms with Crippen molar-refractivity contribution >= 4 is 11.9 Å². The molecule has 0 aromatic rings. The molecule has 0 saturated heterocycles. The SMILES string of the molecule is C=C(C)C(=O)NCC=CO.CC(O)C(=O)O. The molecule has 0 radical (unpaired) electrons. The smallest absolute Gasteiger partial charge is 0.332 e. The minimum absolute atomic E-state index is 0.196. The second-order valence-corrected chi connectivity index (χ2v) is 2.89. The molecule has 0 aromatic carbocycles. The molecular formula is C10H17NO5. The first kappa shape index (κ1) is 16.6. The molecule has 92 valence electrons. The molecule has 0 spiro atoms. The Morgan fingerprint density at radius 2 is 1.94 bits per heavy atom. The molecule has 6 heteroatoms. The van der Waals surface area contributed by atoms with Crippen LogP contribution in [-0.4, -0.2) is 39.8 Å². The Hall–Kier alpha value is -1.82.